The minimum atomic E-state index is 0.623. The predicted octanol–water partition coefficient (Wildman–Crippen LogP) is 11.9. The summed E-state index contributed by atoms with van der Waals surface area (Å²) < 4.78 is 7.11. The molecule has 4 heterocycles. The van der Waals surface area contributed by atoms with E-state index < -0.39 is 0 Å². The second kappa shape index (κ2) is 11.3. The average molecular weight is 676 g/mol. The molecule has 11 aromatic rings. The normalized spacial score (nSPS) is 11.8. The van der Waals surface area contributed by atoms with Crippen molar-refractivity contribution in [3.05, 3.63) is 182 Å². The van der Waals surface area contributed by atoms with E-state index in [9.17, 15) is 5.26 Å². The van der Waals surface area contributed by atoms with Crippen LogP contribution in [0.3, 0.4) is 0 Å². The van der Waals surface area contributed by atoms with Gasteiger partial charge in [0.05, 0.1) is 44.7 Å². The Bertz CT molecular complexity index is 3020. The summed E-state index contributed by atoms with van der Waals surface area (Å²) in [6.07, 6.45) is 3.55. The third-order valence-corrected chi connectivity index (χ3v) is 10.8. The average Bonchev–Trinajstić information content (AvgIpc) is 3.86. The van der Waals surface area contributed by atoms with E-state index in [-0.39, 0.29) is 0 Å². The van der Waals surface area contributed by atoms with Crippen molar-refractivity contribution in [3.63, 3.8) is 0 Å². The van der Waals surface area contributed by atoms with E-state index in [4.69, 9.17) is 0 Å². The van der Waals surface area contributed by atoms with Gasteiger partial charge in [0.25, 0.3) is 0 Å². The highest BCUT2D eigenvalue weighted by molar-refractivity contribution is 6.13. The second-order valence-electron chi connectivity index (χ2n) is 13.6. The highest BCUT2D eigenvalue weighted by Crippen LogP contribution is 2.40. The maximum Gasteiger partial charge on any atom is 0.0998 e. The number of hydrogen-bond donors (Lipinski definition) is 0. The second-order valence-corrected chi connectivity index (χ2v) is 13.6. The van der Waals surface area contributed by atoms with Crippen LogP contribution in [-0.4, -0.2) is 18.7 Å². The summed E-state index contributed by atoms with van der Waals surface area (Å²) in [5.41, 5.74) is 12.5. The van der Waals surface area contributed by atoms with E-state index in [1.54, 1.807) is 12.4 Å². The van der Waals surface area contributed by atoms with Crippen molar-refractivity contribution >= 4 is 65.4 Å². The Kier molecular flexibility index (Phi) is 6.25. The monoisotopic (exact) mass is 675 g/mol. The molecule has 0 bridgehead atoms. The molecular formula is C48H29N5. The van der Waals surface area contributed by atoms with Crippen LogP contribution in [0.1, 0.15) is 5.56 Å². The van der Waals surface area contributed by atoms with Gasteiger partial charge < -0.3 is 13.7 Å². The van der Waals surface area contributed by atoms with Gasteiger partial charge >= 0.3 is 0 Å². The molecule has 7 aromatic carbocycles. The zero-order valence-electron chi connectivity index (χ0n) is 28.5. The van der Waals surface area contributed by atoms with Crippen LogP contribution in [0.25, 0.3) is 93.6 Å². The molecule has 0 radical (unpaired) electrons. The summed E-state index contributed by atoms with van der Waals surface area (Å²) in [6.45, 7) is 0. The molecule has 0 unspecified atom stereocenters. The molecule has 0 saturated carbocycles. The van der Waals surface area contributed by atoms with Crippen molar-refractivity contribution in [3.8, 4) is 34.3 Å². The lowest BCUT2D eigenvalue weighted by atomic mass is 10.0. The lowest BCUT2D eigenvalue weighted by molar-refractivity contribution is 1.14. The van der Waals surface area contributed by atoms with E-state index >= 15 is 0 Å². The van der Waals surface area contributed by atoms with Crippen molar-refractivity contribution < 1.29 is 0 Å². The smallest absolute Gasteiger partial charge is 0.0998 e. The van der Waals surface area contributed by atoms with Gasteiger partial charge in [0.2, 0.25) is 0 Å². The highest BCUT2D eigenvalue weighted by atomic mass is 15.0. The molecule has 0 N–H and O–H groups in total. The Labute approximate surface area is 304 Å². The number of benzene rings is 7. The van der Waals surface area contributed by atoms with Crippen LogP contribution < -0.4 is 0 Å². The number of rotatable bonds is 4. The van der Waals surface area contributed by atoms with E-state index in [0.717, 1.165) is 50.0 Å². The van der Waals surface area contributed by atoms with E-state index in [2.05, 4.69) is 170 Å². The first-order chi connectivity index (χ1) is 26.3. The van der Waals surface area contributed by atoms with Crippen LogP contribution in [0, 0.1) is 11.3 Å². The van der Waals surface area contributed by atoms with Gasteiger partial charge in [-0.1, -0.05) is 84.9 Å². The van der Waals surface area contributed by atoms with Crippen LogP contribution in [0.15, 0.2) is 176 Å². The first-order valence-corrected chi connectivity index (χ1v) is 17.8. The summed E-state index contributed by atoms with van der Waals surface area (Å²) in [6, 6.07) is 60.7. The fourth-order valence-corrected chi connectivity index (χ4v) is 8.49. The number of para-hydroxylation sites is 4. The van der Waals surface area contributed by atoms with Crippen LogP contribution in [0.2, 0.25) is 0 Å². The summed E-state index contributed by atoms with van der Waals surface area (Å²) >= 11 is 0. The number of nitriles is 1. The van der Waals surface area contributed by atoms with Gasteiger partial charge in [0, 0.05) is 67.3 Å². The largest absolute Gasteiger partial charge is 0.309 e. The molecule has 0 atom stereocenters. The Hall–Kier alpha value is -7.42. The fourth-order valence-electron chi connectivity index (χ4n) is 8.49. The highest BCUT2D eigenvalue weighted by Gasteiger charge is 2.19. The van der Waals surface area contributed by atoms with E-state index in [0.29, 0.717) is 5.56 Å². The van der Waals surface area contributed by atoms with Crippen LogP contribution in [0.4, 0.5) is 0 Å². The molecule has 5 heteroatoms. The lowest BCUT2D eigenvalue weighted by Gasteiger charge is -2.14. The predicted molar refractivity (Wildman–Crippen MR) is 217 cm³/mol. The molecule has 53 heavy (non-hydrogen) atoms. The van der Waals surface area contributed by atoms with Gasteiger partial charge in [-0.25, -0.2) is 0 Å². The lowest BCUT2D eigenvalue weighted by Crippen LogP contribution is -1.99. The molecule has 0 saturated heterocycles. The van der Waals surface area contributed by atoms with Gasteiger partial charge in [0.15, 0.2) is 0 Å². The van der Waals surface area contributed by atoms with Gasteiger partial charge in [-0.15, -0.1) is 0 Å². The fraction of sp³-hybridized carbons (Fsp3) is 0. The number of pyridine rings is 1. The minimum Gasteiger partial charge on any atom is -0.309 e. The summed E-state index contributed by atoms with van der Waals surface area (Å²) in [5.74, 6) is 0. The standard InChI is InChI=1S/C48H29N5/c49-30-32-17-18-33(27-42(32)31-23-25-50-26-24-31)53-47-28-34(51-43-13-5-1-9-36(43)37-10-2-6-14-44(37)51)19-21-40(47)41-22-20-35(29-48(41)53)52-45-15-7-3-11-38(45)39-12-4-8-16-46(39)52/h1-29H. The van der Waals surface area contributed by atoms with Crippen molar-refractivity contribution in [1.29, 1.82) is 5.26 Å². The number of fused-ring (bicyclic) bond motifs is 9. The number of nitrogens with zero attached hydrogens (tertiary/aromatic N) is 5. The van der Waals surface area contributed by atoms with Crippen LogP contribution in [-0.2, 0) is 0 Å². The zero-order valence-corrected chi connectivity index (χ0v) is 28.5. The third kappa shape index (κ3) is 4.27. The first-order valence-electron chi connectivity index (χ1n) is 17.8. The Balaban J connectivity index is 1.24. The minimum absolute atomic E-state index is 0.623. The molecule has 0 amide bonds. The van der Waals surface area contributed by atoms with Crippen molar-refractivity contribution in [2.45, 2.75) is 0 Å². The topological polar surface area (TPSA) is 51.5 Å². The Morgan fingerprint density at radius 1 is 0.377 bits per heavy atom. The third-order valence-electron chi connectivity index (χ3n) is 10.8. The molecule has 5 nitrogen and oxygen atoms in total. The molecule has 0 aliphatic heterocycles. The zero-order chi connectivity index (χ0) is 35.0. The van der Waals surface area contributed by atoms with Gasteiger partial charge in [-0.2, -0.15) is 5.26 Å². The first kappa shape index (κ1) is 29.3. The molecule has 0 aliphatic carbocycles. The summed E-state index contributed by atoms with van der Waals surface area (Å²) in [5, 5.41) is 17.4. The number of aromatic nitrogens is 4. The Morgan fingerprint density at radius 2 is 0.755 bits per heavy atom. The molecule has 0 spiro atoms. The molecule has 4 aromatic heterocycles. The maximum absolute atomic E-state index is 10.2. The van der Waals surface area contributed by atoms with Gasteiger partial charge in [0.1, 0.15) is 0 Å². The molecular weight excluding hydrogens is 647 g/mol. The molecule has 0 aliphatic rings. The SMILES string of the molecule is N#Cc1ccc(-n2c3cc(-n4c5ccccc5c5ccccc54)ccc3c3ccc(-n4c5ccccc5c5ccccc54)cc32)cc1-c1ccncc1. The molecule has 11 rings (SSSR count). The summed E-state index contributed by atoms with van der Waals surface area (Å²) in [4.78, 5) is 4.24. The van der Waals surface area contributed by atoms with E-state index in [1.807, 2.05) is 18.2 Å². The quantitative estimate of drug-likeness (QED) is 0.186. The van der Waals surface area contributed by atoms with Crippen LogP contribution in [0.5, 0.6) is 0 Å². The van der Waals surface area contributed by atoms with Gasteiger partial charge in [-0.3, -0.25) is 4.98 Å². The molecule has 0 fully saturated rings. The van der Waals surface area contributed by atoms with Crippen molar-refractivity contribution in [2.24, 2.45) is 0 Å². The Morgan fingerprint density at radius 3 is 1.21 bits per heavy atom. The van der Waals surface area contributed by atoms with Gasteiger partial charge in [-0.05, 0) is 84.4 Å². The number of hydrogen-bond acceptors (Lipinski definition) is 2. The maximum atomic E-state index is 10.2. The van der Waals surface area contributed by atoms with Crippen molar-refractivity contribution in [2.75, 3.05) is 0 Å². The summed E-state index contributed by atoms with van der Waals surface area (Å²) in [7, 11) is 0. The van der Waals surface area contributed by atoms with Crippen LogP contribution >= 0.6 is 0 Å². The van der Waals surface area contributed by atoms with E-state index in [1.165, 1.54) is 43.6 Å². The molecule has 246 valence electrons. The van der Waals surface area contributed by atoms with Crippen molar-refractivity contribution in [1.82, 2.24) is 18.7 Å².